The van der Waals surface area contributed by atoms with Crippen LogP contribution >= 0.6 is 27.5 Å². The minimum absolute atomic E-state index is 0.217. The fraction of sp³-hybridized carbons (Fsp3) is 0.238. The third kappa shape index (κ3) is 4.01. The Morgan fingerprint density at radius 3 is 2.55 bits per heavy atom. The van der Waals surface area contributed by atoms with Crippen molar-refractivity contribution in [2.75, 3.05) is 12.1 Å². The Hall–Kier alpha value is -2.59. The molecule has 1 aromatic heterocycles. The van der Waals surface area contributed by atoms with Crippen molar-refractivity contribution < 1.29 is 9.53 Å². The van der Waals surface area contributed by atoms with Crippen LogP contribution in [0.5, 0.6) is 5.75 Å². The van der Waals surface area contributed by atoms with Gasteiger partial charge in [0, 0.05) is 12.6 Å². The molecule has 2 N–H and O–H groups in total. The number of urea groups is 1. The molecule has 162 valence electrons. The smallest absolute Gasteiger partial charge is 0.355 e. The van der Waals surface area contributed by atoms with Crippen LogP contribution in [0.25, 0.3) is 5.69 Å². The number of rotatable bonds is 5. The molecule has 1 fully saturated rings. The van der Waals surface area contributed by atoms with E-state index in [4.69, 9.17) is 16.3 Å². The van der Waals surface area contributed by atoms with Crippen molar-refractivity contribution in [2.24, 2.45) is 0 Å². The van der Waals surface area contributed by atoms with Crippen molar-refractivity contribution in [3.05, 3.63) is 68.4 Å². The molecule has 10 heteroatoms. The lowest BCUT2D eigenvalue weighted by Crippen LogP contribution is -2.38. The highest BCUT2D eigenvalue weighted by atomic mass is 79.9. The maximum Gasteiger partial charge on any atom is 0.355 e. The second-order valence-corrected chi connectivity index (χ2v) is 8.47. The highest BCUT2D eigenvalue weighted by molar-refractivity contribution is 9.10. The van der Waals surface area contributed by atoms with Gasteiger partial charge in [-0.2, -0.15) is 5.10 Å². The summed E-state index contributed by atoms with van der Waals surface area (Å²) >= 11 is 10.1. The number of hydrogen-bond donors (Lipinski definition) is 2. The Morgan fingerprint density at radius 2 is 1.94 bits per heavy atom. The van der Waals surface area contributed by atoms with Crippen LogP contribution in [0.3, 0.4) is 0 Å². The van der Waals surface area contributed by atoms with Gasteiger partial charge in [0.1, 0.15) is 12.4 Å². The average Bonchev–Trinajstić information content (AvgIpc) is 3.21. The summed E-state index contributed by atoms with van der Waals surface area (Å²) in [6, 6.07) is 11.1. The molecule has 8 nitrogen and oxygen atoms in total. The molecule has 0 atom stereocenters. The van der Waals surface area contributed by atoms with Gasteiger partial charge in [-0.25, -0.2) is 19.5 Å². The van der Waals surface area contributed by atoms with Crippen LogP contribution in [0.4, 0.5) is 10.5 Å². The molecule has 2 heterocycles. The second kappa shape index (κ2) is 8.51. The summed E-state index contributed by atoms with van der Waals surface area (Å²) in [6.45, 7) is 6.16. The van der Waals surface area contributed by atoms with Crippen molar-refractivity contribution in [2.45, 2.75) is 27.4 Å². The van der Waals surface area contributed by atoms with E-state index in [0.29, 0.717) is 16.5 Å². The molecule has 0 unspecified atom stereocenters. The Balaban J connectivity index is 1.58. The normalized spacial score (nSPS) is 13.9. The van der Waals surface area contributed by atoms with Crippen molar-refractivity contribution in [1.82, 2.24) is 25.9 Å². The molecule has 0 aliphatic carbocycles. The van der Waals surface area contributed by atoms with E-state index < -0.39 is 0 Å². The number of halogens is 2. The highest BCUT2D eigenvalue weighted by Crippen LogP contribution is 2.32. The zero-order valence-electron chi connectivity index (χ0n) is 17.5. The van der Waals surface area contributed by atoms with Crippen LogP contribution in [0.2, 0.25) is 5.02 Å². The second-order valence-electron chi connectivity index (χ2n) is 7.27. The Morgan fingerprint density at radius 1 is 1.16 bits per heavy atom. The number of hydrazine groups is 3. The van der Waals surface area contributed by atoms with Crippen LogP contribution < -0.4 is 20.8 Å². The van der Waals surface area contributed by atoms with Gasteiger partial charge < -0.3 is 4.74 Å². The molecule has 0 radical (unpaired) electrons. The molecule has 1 aliphatic rings. The molecule has 0 bridgehead atoms. The number of anilines is 1. The zero-order chi connectivity index (χ0) is 22.3. The first-order valence-electron chi connectivity index (χ1n) is 9.60. The van der Waals surface area contributed by atoms with Gasteiger partial charge in [0.25, 0.3) is 0 Å². The zero-order valence-corrected chi connectivity index (χ0v) is 19.9. The number of carbonyl (C=O) groups excluding carboxylic acids is 1. The number of amides is 2. The number of aromatic nitrogens is 2. The summed E-state index contributed by atoms with van der Waals surface area (Å²) < 4.78 is 8.85. The summed E-state index contributed by atoms with van der Waals surface area (Å²) in [6.07, 6.45) is 0. The van der Waals surface area contributed by atoms with Gasteiger partial charge in [-0.15, -0.1) is 11.1 Å². The van der Waals surface area contributed by atoms with Crippen molar-refractivity contribution in [3.63, 3.8) is 0 Å². The van der Waals surface area contributed by atoms with Gasteiger partial charge >= 0.3 is 6.03 Å². The van der Waals surface area contributed by atoms with Crippen molar-refractivity contribution in [3.8, 4) is 11.4 Å². The van der Waals surface area contributed by atoms with E-state index in [2.05, 4.69) is 32.1 Å². The van der Waals surface area contributed by atoms with Crippen LogP contribution in [0.1, 0.15) is 22.5 Å². The minimum atomic E-state index is -0.217. The number of aryl methyl sites for hydroxylation is 2. The Kier molecular flexibility index (Phi) is 5.94. The number of benzene rings is 2. The summed E-state index contributed by atoms with van der Waals surface area (Å²) in [4.78, 5) is 12.4. The van der Waals surface area contributed by atoms with E-state index in [0.717, 1.165) is 32.7 Å². The maximum atomic E-state index is 12.4. The fourth-order valence-electron chi connectivity index (χ4n) is 3.38. The minimum Gasteiger partial charge on any atom is -0.487 e. The third-order valence-electron chi connectivity index (χ3n) is 5.17. The van der Waals surface area contributed by atoms with Gasteiger partial charge in [-0.1, -0.05) is 23.7 Å². The molecule has 2 aromatic carbocycles. The molecule has 1 aliphatic heterocycles. The lowest BCUT2D eigenvalue weighted by Gasteiger charge is -2.20. The van der Waals surface area contributed by atoms with Crippen LogP contribution in [0, 0.1) is 20.8 Å². The molecular weight excluding hydrogens is 484 g/mol. The van der Waals surface area contributed by atoms with Crippen molar-refractivity contribution in [1.29, 1.82) is 0 Å². The van der Waals surface area contributed by atoms with E-state index in [1.165, 1.54) is 10.0 Å². The average molecular weight is 506 g/mol. The number of hydrogen-bond acceptors (Lipinski definition) is 5. The first kappa shape index (κ1) is 21.6. The summed E-state index contributed by atoms with van der Waals surface area (Å²) in [5.74, 6) is 0.552. The first-order valence-corrected chi connectivity index (χ1v) is 10.8. The quantitative estimate of drug-likeness (QED) is 0.531. The molecule has 2 amide bonds. The van der Waals surface area contributed by atoms with Gasteiger partial charge in [-0.05, 0) is 66.5 Å². The number of nitrogens with zero attached hydrogens (tertiary/aromatic N) is 4. The topological polar surface area (TPSA) is 74.7 Å². The summed E-state index contributed by atoms with van der Waals surface area (Å²) in [5, 5.41) is 7.82. The number of nitrogens with one attached hydrogen (secondary N) is 2. The van der Waals surface area contributed by atoms with Gasteiger partial charge in [-0.3, -0.25) is 0 Å². The largest absolute Gasteiger partial charge is 0.487 e. The lowest BCUT2D eigenvalue weighted by atomic mass is 10.1. The SMILES string of the molecule is Cc1cccc(N2NNN(C)C2=O)c1COc1ccc(-n2nc(C)c(Br)c2C)cc1Cl. The van der Waals surface area contributed by atoms with E-state index in [9.17, 15) is 4.79 Å². The monoisotopic (exact) mass is 504 g/mol. The summed E-state index contributed by atoms with van der Waals surface area (Å²) in [7, 11) is 1.64. The van der Waals surface area contributed by atoms with Gasteiger partial charge in [0.15, 0.2) is 0 Å². The Labute approximate surface area is 193 Å². The molecule has 3 aromatic rings. The Bertz CT molecular complexity index is 1170. The maximum absolute atomic E-state index is 12.4. The molecule has 0 spiro atoms. The van der Waals surface area contributed by atoms with Crippen LogP contribution in [-0.4, -0.2) is 27.9 Å². The number of carbonyl (C=O) groups is 1. The van der Waals surface area contributed by atoms with E-state index in [1.807, 2.05) is 61.9 Å². The van der Waals surface area contributed by atoms with Crippen LogP contribution in [-0.2, 0) is 6.61 Å². The molecule has 0 saturated carbocycles. The predicted octanol–water partition coefficient (Wildman–Crippen LogP) is 4.59. The van der Waals surface area contributed by atoms with E-state index in [-0.39, 0.29) is 12.6 Å². The fourth-order valence-corrected chi connectivity index (χ4v) is 3.86. The van der Waals surface area contributed by atoms with Gasteiger partial charge in [0.05, 0.1) is 32.3 Å². The first-order chi connectivity index (χ1) is 14.8. The molecular formula is C21H22BrClN6O2. The standard InChI is InChI=1S/C21H22BrClN6O2/c1-12-6-5-7-18(29-21(30)27(4)25-26-29)16(12)11-31-19-9-8-15(10-17(19)23)28-14(3)20(22)13(2)24-28/h5-10,25-26H,11H2,1-4H3. The van der Waals surface area contributed by atoms with Crippen molar-refractivity contribution >= 4 is 39.2 Å². The summed E-state index contributed by atoms with van der Waals surface area (Å²) in [5.41, 5.74) is 11.0. The molecule has 31 heavy (non-hydrogen) atoms. The van der Waals surface area contributed by atoms with E-state index in [1.54, 1.807) is 7.05 Å². The number of ether oxygens (including phenoxy) is 1. The third-order valence-corrected chi connectivity index (χ3v) is 6.61. The van der Waals surface area contributed by atoms with E-state index >= 15 is 0 Å². The molecule has 4 rings (SSSR count). The van der Waals surface area contributed by atoms with Crippen LogP contribution in [0.15, 0.2) is 40.9 Å². The lowest BCUT2D eigenvalue weighted by molar-refractivity contribution is 0.214. The predicted molar refractivity (Wildman–Crippen MR) is 123 cm³/mol. The highest BCUT2D eigenvalue weighted by Gasteiger charge is 2.28. The molecule has 1 saturated heterocycles. The van der Waals surface area contributed by atoms with Gasteiger partial charge in [0.2, 0.25) is 0 Å².